The molecule has 0 aromatic carbocycles. The lowest BCUT2D eigenvalue weighted by molar-refractivity contribution is 0.171. The fourth-order valence-corrected chi connectivity index (χ4v) is 4.07. The Balaban J connectivity index is 1.63. The zero-order valence-corrected chi connectivity index (χ0v) is 14.1. The molecule has 24 heavy (non-hydrogen) atoms. The minimum Gasteiger partial charge on any atom is -0.391 e. The van der Waals surface area contributed by atoms with E-state index in [1.54, 1.807) is 7.05 Å². The molecule has 2 fully saturated rings. The highest BCUT2D eigenvalue weighted by atomic mass is 16.3. The van der Waals surface area contributed by atoms with E-state index >= 15 is 0 Å². The molecule has 7 heteroatoms. The van der Waals surface area contributed by atoms with Crippen molar-refractivity contribution in [1.82, 2.24) is 19.5 Å². The molecule has 2 heterocycles. The van der Waals surface area contributed by atoms with Gasteiger partial charge in [-0.25, -0.2) is 4.98 Å². The number of anilines is 1. The third kappa shape index (κ3) is 2.81. The van der Waals surface area contributed by atoms with Crippen LogP contribution in [0.4, 0.5) is 5.95 Å². The number of aliphatic hydroxyl groups excluding tert-OH is 1. The molecule has 2 aromatic rings. The van der Waals surface area contributed by atoms with E-state index in [0.717, 1.165) is 31.5 Å². The van der Waals surface area contributed by atoms with Crippen molar-refractivity contribution in [2.24, 2.45) is 13.0 Å². The minimum atomic E-state index is -0.380. The summed E-state index contributed by atoms with van der Waals surface area (Å²) in [4.78, 5) is 24.9. The zero-order chi connectivity index (χ0) is 16.7. The second-order valence-electron chi connectivity index (χ2n) is 7.29. The van der Waals surface area contributed by atoms with Crippen LogP contribution in [-0.2, 0) is 13.5 Å². The van der Waals surface area contributed by atoms with Gasteiger partial charge in [0.05, 0.1) is 12.1 Å². The standard InChI is InChI=1S/C17H25N5O2/c1-22-16(24)14-15(20-13(19-14)9-10-5-2-3-6-10)21-17(22)18-11-7-4-8-12(11)23/h10-12,23H,2-9H2,1H3,(H,18,21)(H,19,20)/t11-,12-/m1/s1. The first-order chi connectivity index (χ1) is 11.6. The molecular weight excluding hydrogens is 306 g/mol. The average molecular weight is 331 g/mol. The van der Waals surface area contributed by atoms with Gasteiger partial charge in [-0.1, -0.05) is 25.7 Å². The van der Waals surface area contributed by atoms with Crippen LogP contribution in [-0.4, -0.2) is 36.8 Å². The molecule has 2 aliphatic rings. The maximum atomic E-state index is 12.6. The van der Waals surface area contributed by atoms with Crippen LogP contribution in [0.3, 0.4) is 0 Å². The van der Waals surface area contributed by atoms with E-state index in [4.69, 9.17) is 0 Å². The van der Waals surface area contributed by atoms with Gasteiger partial charge in [0.2, 0.25) is 5.95 Å². The van der Waals surface area contributed by atoms with Crippen LogP contribution in [0, 0.1) is 5.92 Å². The van der Waals surface area contributed by atoms with Gasteiger partial charge in [0.1, 0.15) is 5.82 Å². The number of nitrogens with one attached hydrogen (secondary N) is 2. The molecule has 0 radical (unpaired) electrons. The molecule has 0 aliphatic heterocycles. The van der Waals surface area contributed by atoms with Gasteiger partial charge in [0, 0.05) is 13.5 Å². The van der Waals surface area contributed by atoms with Crippen LogP contribution in [0.5, 0.6) is 0 Å². The maximum Gasteiger partial charge on any atom is 0.280 e. The van der Waals surface area contributed by atoms with Crippen LogP contribution in [0.15, 0.2) is 4.79 Å². The number of aliphatic hydroxyl groups is 1. The first-order valence-electron chi connectivity index (χ1n) is 9.02. The van der Waals surface area contributed by atoms with Gasteiger partial charge in [-0.3, -0.25) is 9.36 Å². The molecular formula is C17H25N5O2. The first-order valence-corrected chi connectivity index (χ1v) is 9.02. The number of aromatic amines is 1. The SMILES string of the molecule is Cn1c(N[C@@H]2CCC[C@H]2O)nc2nc(CC3CCCC3)[nH]c2c1=O. The molecule has 7 nitrogen and oxygen atoms in total. The smallest absolute Gasteiger partial charge is 0.280 e. The average Bonchev–Trinajstić information content (AvgIpc) is 3.28. The van der Waals surface area contributed by atoms with Crippen molar-refractivity contribution >= 4 is 17.1 Å². The topological polar surface area (TPSA) is 95.8 Å². The number of nitrogens with zero attached hydrogens (tertiary/aromatic N) is 3. The molecule has 0 saturated heterocycles. The summed E-state index contributed by atoms with van der Waals surface area (Å²) in [7, 11) is 1.70. The third-order valence-electron chi connectivity index (χ3n) is 5.53. The number of fused-ring (bicyclic) bond motifs is 1. The normalized spacial score (nSPS) is 24.9. The fraction of sp³-hybridized carbons (Fsp3) is 0.706. The largest absolute Gasteiger partial charge is 0.391 e. The summed E-state index contributed by atoms with van der Waals surface area (Å²) in [6.45, 7) is 0. The number of hydrogen-bond acceptors (Lipinski definition) is 5. The van der Waals surface area contributed by atoms with Crippen molar-refractivity contribution in [2.45, 2.75) is 63.5 Å². The number of aromatic nitrogens is 4. The predicted octanol–water partition coefficient (Wildman–Crippen LogP) is 1.71. The molecule has 130 valence electrons. The van der Waals surface area contributed by atoms with Crippen molar-refractivity contribution in [3.63, 3.8) is 0 Å². The van der Waals surface area contributed by atoms with Crippen molar-refractivity contribution in [2.75, 3.05) is 5.32 Å². The Labute approximate surface area is 140 Å². The summed E-state index contributed by atoms with van der Waals surface area (Å²) in [5.74, 6) is 2.01. The van der Waals surface area contributed by atoms with Crippen LogP contribution in [0.1, 0.15) is 50.8 Å². The predicted molar refractivity (Wildman–Crippen MR) is 92.1 cm³/mol. The second-order valence-corrected chi connectivity index (χ2v) is 7.29. The van der Waals surface area contributed by atoms with Crippen LogP contribution >= 0.6 is 0 Å². The van der Waals surface area contributed by atoms with Gasteiger partial charge < -0.3 is 15.4 Å². The van der Waals surface area contributed by atoms with E-state index in [-0.39, 0.29) is 17.7 Å². The molecule has 2 aliphatic carbocycles. The molecule has 0 amide bonds. The van der Waals surface area contributed by atoms with Crippen LogP contribution in [0.25, 0.3) is 11.2 Å². The third-order valence-corrected chi connectivity index (χ3v) is 5.53. The Morgan fingerprint density at radius 3 is 2.71 bits per heavy atom. The Morgan fingerprint density at radius 2 is 2.00 bits per heavy atom. The number of imidazole rings is 1. The molecule has 3 N–H and O–H groups in total. The minimum absolute atomic E-state index is 0.0440. The Kier molecular flexibility index (Phi) is 4.04. The first kappa shape index (κ1) is 15.6. The maximum absolute atomic E-state index is 12.6. The molecule has 2 atom stereocenters. The summed E-state index contributed by atoms with van der Waals surface area (Å²) in [6.07, 6.45) is 8.26. The Bertz CT molecular complexity index is 790. The van der Waals surface area contributed by atoms with Gasteiger partial charge in [-0.05, 0) is 25.2 Å². The Morgan fingerprint density at radius 1 is 1.21 bits per heavy atom. The van der Waals surface area contributed by atoms with E-state index in [1.165, 1.54) is 30.3 Å². The van der Waals surface area contributed by atoms with Crippen molar-refractivity contribution in [3.8, 4) is 0 Å². The lowest BCUT2D eigenvalue weighted by Gasteiger charge is -2.18. The lowest BCUT2D eigenvalue weighted by Crippen LogP contribution is -2.32. The molecule has 0 spiro atoms. The lowest BCUT2D eigenvalue weighted by atomic mass is 10.0. The van der Waals surface area contributed by atoms with Gasteiger partial charge in [-0.2, -0.15) is 4.98 Å². The van der Waals surface area contributed by atoms with Gasteiger partial charge in [-0.15, -0.1) is 0 Å². The van der Waals surface area contributed by atoms with Crippen molar-refractivity contribution < 1.29 is 5.11 Å². The monoisotopic (exact) mass is 331 g/mol. The number of rotatable bonds is 4. The van der Waals surface area contributed by atoms with E-state index in [1.807, 2.05) is 0 Å². The summed E-state index contributed by atoms with van der Waals surface area (Å²) >= 11 is 0. The number of H-pyrrole nitrogens is 1. The molecule has 2 aromatic heterocycles. The quantitative estimate of drug-likeness (QED) is 0.793. The summed E-state index contributed by atoms with van der Waals surface area (Å²) in [5.41, 5.74) is 0.823. The second kappa shape index (κ2) is 6.20. The van der Waals surface area contributed by atoms with Gasteiger partial charge in [0.15, 0.2) is 11.2 Å². The van der Waals surface area contributed by atoms with Crippen LogP contribution < -0.4 is 10.9 Å². The summed E-state index contributed by atoms with van der Waals surface area (Å²) < 4.78 is 1.50. The van der Waals surface area contributed by atoms with Crippen molar-refractivity contribution in [3.05, 3.63) is 16.2 Å². The van der Waals surface area contributed by atoms with Gasteiger partial charge in [0.25, 0.3) is 5.56 Å². The molecule has 4 rings (SSSR count). The van der Waals surface area contributed by atoms with Crippen LogP contribution in [0.2, 0.25) is 0 Å². The number of hydrogen-bond donors (Lipinski definition) is 3. The van der Waals surface area contributed by atoms with E-state index in [0.29, 0.717) is 23.0 Å². The highest BCUT2D eigenvalue weighted by Crippen LogP contribution is 2.27. The van der Waals surface area contributed by atoms with Gasteiger partial charge >= 0.3 is 0 Å². The highest BCUT2D eigenvalue weighted by Gasteiger charge is 2.26. The summed E-state index contributed by atoms with van der Waals surface area (Å²) in [5, 5.41) is 13.2. The fourth-order valence-electron chi connectivity index (χ4n) is 4.07. The van der Waals surface area contributed by atoms with E-state index < -0.39 is 0 Å². The molecule has 2 saturated carbocycles. The van der Waals surface area contributed by atoms with Crippen molar-refractivity contribution in [1.29, 1.82) is 0 Å². The molecule has 0 bridgehead atoms. The molecule has 0 unspecified atom stereocenters. The Hall–Kier alpha value is -1.89. The van der Waals surface area contributed by atoms with E-state index in [9.17, 15) is 9.90 Å². The summed E-state index contributed by atoms with van der Waals surface area (Å²) in [6, 6.07) is -0.0440. The van der Waals surface area contributed by atoms with E-state index in [2.05, 4.69) is 20.3 Å². The zero-order valence-electron chi connectivity index (χ0n) is 14.1. The highest BCUT2D eigenvalue weighted by molar-refractivity contribution is 5.71.